The number of ketones is 1. The van der Waals surface area contributed by atoms with Gasteiger partial charge in [0.2, 0.25) is 5.89 Å². The van der Waals surface area contributed by atoms with Crippen LogP contribution >= 0.6 is 0 Å². The molecular weight excluding hydrogens is 228 g/mol. The van der Waals surface area contributed by atoms with Crippen LogP contribution in [0.1, 0.15) is 69.0 Å². The van der Waals surface area contributed by atoms with E-state index in [0.717, 1.165) is 31.5 Å². The average molecular weight is 248 g/mol. The van der Waals surface area contributed by atoms with Crippen LogP contribution in [0.2, 0.25) is 0 Å². The molecule has 2 fully saturated rings. The molecule has 4 nitrogen and oxygen atoms in total. The largest absolute Gasteiger partial charge is 0.339 e. The number of nitrogens with zero attached hydrogens (tertiary/aromatic N) is 2. The molecule has 1 aromatic rings. The number of carbonyl (C=O) groups excluding carboxylic acids is 1. The fourth-order valence-corrected chi connectivity index (χ4v) is 3.23. The van der Waals surface area contributed by atoms with Crippen molar-refractivity contribution in [2.24, 2.45) is 5.92 Å². The summed E-state index contributed by atoms with van der Waals surface area (Å²) in [6.45, 7) is 0. The van der Waals surface area contributed by atoms with Gasteiger partial charge in [-0.2, -0.15) is 4.98 Å². The minimum absolute atomic E-state index is 0.242. The van der Waals surface area contributed by atoms with Crippen molar-refractivity contribution < 1.29 is 9.32 Å². The number of hydrogen-bond acceptors (Lipinski definition) is 4. The maximum absolute atomic E-state index is 12.0. The Morgan fingerprint density at radius 1 is 1.11 bits per heavy atom. The van der Waals surface area contributed by atoms with Crippen LogP contribution in [0.5, 0.6) is 0 Å². The predicted octanol–water partition coefficient (Wildman–Crippen LogP) is 3.03. The summed E-state index contributed by atoms with van der Waals surface area (Å²) in [5, 5.41) is 4.04. The first-order chi connectivity index (χ1) is 8.83. The number of Topliss-reactive ketones (excluding diaryl/α,β-unsaturated/α-hetero) is 1. The van der Waals surface area contributed by atoms with Gasteiger partial charge in [0, 0.05) is 11.8 Å². The first-order valence-electron chi connectivity index (χ1n) is 7.18. The van der Waals surface area contributed by atoms with Gasteiger partial charge in [0.05, 0.1) is 6.42 Å². The van der Waals surface area contributed by atoms with Gasteiger partial charge in [-0.25, -0.2) is 0 Å². The topological polar surface area (TPSA) is 56.0 Å². The van der Waals surface area contributed by atoms with E-state index in [0.29, 0.717) is 18.2 Å². The summed E-state index contributed by atoms with van der Waals surface area (Å²) in [5.41, 5.74) is 0. The van der Waals surface area contributed by atoms with E-state index in [1.807, 2.05) is 0 Å². The monoisotopic (exact) mass is 248 g/mol. The molecule has 1 heterocycles. The Balaban J connectivity index is 1.60. The van der Waals surface area contributed by atoms with Gasteiger partial charge in [0.25, 0.3) is 0 Å². The zero-order valence-corrected chi connectivity index (χ0v) is 10.7. The Hall–Kier alpha value is -1.19. The molecule has 0 saturated heterocycles. The van der Waals surface area contributed by atoms with E-state index in [9.17, 15) is 4.79 Å². The summed E-state index contributed by atoms with van der Waals surface area (Å²) < 4.78 is 5.23. The molecule has 0 unspecified atom stereocenters. The molecule has 0 aromatic carbocycles. The lowest BCUT2D eigenvalue weighted by molar-refractivity contribution is -0.122. The summed E-state index contributed by atoms with van der Waals surface area (Å²) >= 11 is 0. The second kappa shape index (κ2) is 5.21. The van der Waals surface area contributed by atoms with E-state index in [4.69, 9.17) is 4.52 Å². The second-order valence-electron chi connectivity index (χ2n) is 5.65. The molecule has 0 bridgehead atoms. The third-order valence-electron chi connectivity index (χ3n) is 4.34. The van der Waals surface area contributed by atoms with Crippen molar-refractivity contribution >= 4 is 5.78 Å². The van der Waals surface area contributed by atoms with Crippen molar-refractivity contribution in [2.75, 3.05) is 0 Å². The Bertz CT molecular complexity index is 415. The molecule has 0 aliphatic heterocycles. The molecule has 0 spiro atoms. The highest BCUT2D eigenvalue weighted by atomic mass is 16.5. The third-order valence-corrected chi connectivity index (χ3v) is 4.34. The molecule has 0 N–H and O–H groups in total. The van der Waals surface area contributed by atoms with Crippen molar-refractivity contribution in [1.82, 2.24) is 10.1 Å². The van der Waals surface area contributed by atoms with Gasteiger partial charge in [0.1, 0.15) is 5.78 Å². The standard InChI is InChI=1S/C14H20N2O2/c17-12(10-5-1-2-6-10)9-13-15-14(16-18-13)11-7-3-4-8-11/h10-11H,1-9H2. The smallest absolute Gasteiger partial charge is 0.234 e. The van der Waals surface area contributed by atoms with Gasteiger partial charge >= 0.3 is 0 Å². The van der Waals surface area contributed by atoms with Gasteiger partial charge in [-0.3, -0.25) is 4.79 Å². The zero-order valence-electron chi connectivity index (χ0n) is 10.7. The molecule has 3 rings (SSSR count). The van der Waals surface area contributed by atoms with Crippen molar-refractivity contribution in [3.8, 4) is 0 Å². The van der Waals surface area contributed by atoms with Crippen LogP contribution in [0, 0.1) is 5.92 Å². The molecule has 2 aliphatic carbocycles. The predicted molar refractivity (Wildman–Crippen MR) is 66.2 cm³/mol. The summed E-state index contributed by atoms with van der Waals surface area (Å²) in [5.74, 6) is 2.33. The van der Waals surface area contributed by atoms with Gasteiger partial charge in [-0.05, 0) is 25.7 Å². The van der Waals surface area contributed by atoms with E-state index in [1.165, 1.54) is 25.7 Å². The van der Waals surface area contributed by atoms with Crippen molar-refractivity contribution in [2.45, 2.75) is 63.7 Å². The fourth-order valence-electron chi connectivity index (χ4n) is 3.23. The van der Waals surface area contributed by atoms with Crippen LogP contribution in [0.25, 0.3) is 0 Å². The molecule has 0 amide bonds. The number of carbonyl (C=O) groups is 1. The zero-order chi connectivity index (χ0) is 12.4. The highest BCUT2D eigenvalue weighted by molar-refractivity contribution is 5.82. The maximum atomic E-state index is 12.0. The van der Waals surface area contributed by atoms with Crippen LogP contribution in [0.4, 0.5) is 0 Å². The van der Waals surface area contributed by atoms with Gasteiger partial charge in [-0.1, -0.05) is 30.8 Å². The van der Waals surface area contributed by atoms with E-state index in [-0.39, 0.29) is 11.7 Å². The lowest BCUT2D eigenvalue weighted by atomic mass is 10.0. The number of hydrogen-bond donors (Lipinski definition) is 0. The quantitative estimate of drug-likeness (QED) is 0.821. The van der Waals surface area contributed by atoms with Gasteiger partial charge in [0.15, 0.2) is 5.82 Å². The Kier molecular flexibility index (Phi) is 3.43. The first kappa shape index (κ1) is 11.9. The molecule has 4 heteroatoms. The van der Waals surface area contributed by atoms with Crippen LogP contribution in [-0.4, -0.2) is 15.9 Å². The van der Waals surface area contributed by atoms with Crippen molar-refractivity contribution in [1.29, 1.82) is 0 Å². The minimum Gasteiger partial charge on any atom is -0.339 e. The first-order valence-corrected chi connectivity index (χ1v) is 7.18. The van der Waals surface area contributed by atoms with Gasteiger partial charge in [-0.15, -0.1) is 0 Å². The van der Waals surface area contributed by atoms with Crippen molar-refractivity contribution in [3.63, 3.8) is 0 Å². The van der Waals surface area contributed by atoms with Crippen LogP contribution < -0.4 is 0 Å². The molecule has 2 saturated carbocycles. The molecule has 2 aliphatic rings. The normalized spacial score (nSPS) is 21.8. The Morgan fingerprint density at radius 3 is 2.50 bits per heavy atom. The molecular formula is C14H20N2O2. The molecule has 0 radical (unpaired) electrons. The summed E-state index contributed by atoms with van der Waals surface area (Å²) in [6, 6.07) is 0. The molecule has 18 heavy (non-hydrogen) atoms. The molecule has 98 valence electrons. The van der Waals surface area contributed by atoms with Crippen LogP contribution in [-0.2, 0) is 11.2 Å². The highest BCUT2D eigenvalue weighted by Crippen LogP contribution is 2.32. The molecule has 1 aromatic heterocycles. The number of aromatic nitrogens is 2. The SMILES string of the molecule is O=C(Cc1nc(C2CCCC2)no1)C1CCCC1. The summed E-state index contributed by atoms with van der Waals surface area (Å²) in [7, 11) is 0. The fraction of sp³-hybridized carbons (Fsp3) is 0.786. The Morgan fingerprint density at radius 2 is 1.78 bits per heavy atom. The Labute approximate surface area is 107 Å². The van der Waals surface area contributed by atoms with Crippen molar-refractivity contribution in [3.05, 3.63) is 11.7 Å². The van der Waals surface area contributed by atoms with Crippen LogP contribution in [0.3, 0.4) is 0 Å². The minimum atomic E-state index is 0.242. The second-order valence-corrected chi connectivity index (χ2v) is 5.65. The summed E-state index contributed by atoms with van der Waals surface area (Å²) in [4.78, 5) is 16.4. The van der Waals surface area contributed by atoms with E-state index in [1.54, 1.807) is 0 Å². The maximum Gasteiger partial charge on any atom is 0.234 e. The third kappa shape index (κ3) is 2.47. The average Bonchev–Trinajstić information content (AvgIpc) is 3.12. The van der Waals surface area contributed by atoms with E-state index < -0.39 is 0 Å². The molecule has 0 atom stereocenters. The van der Waals surface area contributed by atoms with E-state index in [2.05, 4.69) is 10.1 Å². The lowest BCUT2D eigenvalue weighted by Gasteiger charge is -2.04. The van der Waals surface area contributed by atoms with Gasteiger partial charge < -0.3 is 4.52 Å². The highest BCUT2D eigenvalue weighted by Gasteiger charge is 2.26. The summed E-state index contributed by atoms with van der Waals surface area (Å²) in [6.07, 6.45) is 9.65. The number of rotatable bonds is 4. The van der Waals surface area contributed by atoms with Crippen LogP contribution in [0.15, 0.2) is 4.52 Å². The lowest BCUT2D eigenvalue weighted by Crippen LogP contribution is -2.13. The van der Waals surface area contributed by atoms with E-state index >= 15 is 0 Å².